The average Bonchev–Trinajstić information content (AvgIpc) is 3.35. The van der Waals surface area contributed by atoms with Gasteiger partial charge in [0.05, 0.1) is 34.7 Å². The Morgan fingerprint density at radius 3 is 2.45 bits per heavy atom. The molecule has 1 aromatic heterocycles. The molecule has 1 atom stereocenters. The van der Waals surface area contributed by atoms with Crippen LogP contribution < -0.4 is 16.4 Å². The lowest BCUT2D eigenvalue weighted by Gasteiger charge is -2.19. The van der Waals surface area contributed by atoms with E-state index in [9.17, 15) is 18.0 Å². The molecule has 6 nitrogen and oxygen atoms in total. The second-order valence-corrected chi connectivity index (χ2v) is 10.8. The minimum atomic E-state index is -4.49. The number of pyridine rings is 1. The number of guanidine groups is 1. The molecule has 0 spiro atoms. The van der Waals surface area contributed by atoms with Gasteiger partial charge in [-0.15, -0.1) is 0 Å². The average molecular weight is 572 g/mol. The van der Waals surface area contributed by atoms with Crippen LogP contribution in [0.25, 0.3) is 22.4 Å². The van der Waals surface area contributed by atoms with Crippen LogP contribution in [-0.2, 0) is 12.6 Å². The van der Waals surface area contributed by atoms with Crippen molar-refractivity contribution in [3.05, 3.63) is 107 Å². The van der Waals surface area contributed by atoms with Gasteiger partial charge in [-0.05, 0) is 65.3 Å². The maximum Gasteiger partial charge on any atom is 0.416 e. The summed E-state index contributed by atoms with van der Waals surface area (Å²) >= 11 is 0. The minimum Gasteiger partial charge on any atom is -0.370 e. The molecule has 0 saturated carbocycles. The first-order valence-electron chi connectivity index (χ1n) is 13.8. The maximum atomic E-state index is 13.7. The number of hydrogen-bond acceptors (Lipinski definition) is 3. The van der Waals surface area contributed by atoms with Gasteiger partial charge in [0.15, 0.2) is 5.96 Å². The molecule has 0 fully saturated rings. The highest BCUT2D eigenvalue weighted by Crippen LogP contribution is 2.41. The molecule has 42 heavy (non-hydrogen) atoms. The zero-order valence-corrected chi connectivity index (χ0v) is 23.6. The van der Waals surface area contributed by atoms with Crippen LogP contribution in [0.3, 0.4) is 0 Å². The standard InChI is InChI=1S/C33H32F3N5O/c1-19(2)17-39-32(37)41-30-18-38-29(26-13-7-12-25-24-11-5-4-8-22(24)15-27(25)26)16-28(30)31(42)40-20(3)21-9-6-10-23(14-21)33(34,35)36/h4-14,16,18-20H,15,17H2,1-3H3,(H,40,42)(H3,37,39,41)/t20-/m1/s1. The molecule has 9 heteroatoms. The number of halogens is 3. The number of aromatic nitrogens is 1. The lowest BCUT2D eigenvalue weighted by molar-refractivity contribution is -0.137. The first-order chi connectivity index (χ1) is 20.0. The summed E-state index contributed by atoms with van der Waals surface area (Å²) in [4.78, 5) is 22.7. The van der Waals surface area contributed by atoms with E-state index in [4.69, 9.17) is 5.73 Å². The third-order valence-electron chi connectivity index (χ3n) is 7.23. The zero-order valence-electron chi connectivity index (χ0n) is 23.6. The fraction of sp³-hybridized carbons (Fsp3) is 0.242. The second-order valence-electron chi connectivity index (χ2n) is 10.8. The molecular weight excluding hydrogens is 539 g/mol. The number of nitrogens with one attached hydrogen (secondary N) is 2. The Kier molecular flexibility index (Phi) is 8.02. The predicted molar refractivity (Wildman–Crippen MR) is 160 cm³/mol. The highest BCUT2D eigenvalue weighted by atomic mass is 19.4. The molecule has 0 bridgehead atoms. The van der Waals surface area contributed by atoms with E-state index in [-0.39, 0.29) is 17.4 Å². The van der Waals surface area contributed by atoms with Crippen LogP contribution in [-0.4, -0.2) is 23.4 Å². The molecule has 216 valence electrons. The van der Waals surface area contributed by atoms with E-state index in [0.717, 1.165) is 35.2 Å². The van der Waals surface area contributed by atoms with E-state index in [0.29, 0.717) is 23.5 Å². The van der Waals surface area contributed by atoms with Gasteiger partial charge in [0, 0.05) is 12.1 Å². The SMILES string of the molecule is CC(C)CN=C(N)Nc1cnc(-c2cccc3c2Cc2ccccc2-3)cc1C(=O)N[C@H](C)c1cccc(C(F)(F)F)c1. The summed E-state index contributed by atoms with van der Waals surface area (Å²) < 4.78 is 39.9. The Morgan fingerprint density at radius 2 is 1.69 bits per heavy atom. The number of aliphatic imine (C=N–C) groups is 1. The fourth-order valence-corrected chi connectivity index (χ4v) is 5.09. The van der Waals surface area contributed by atoms with E-state index >= 15 is 0 Å². The van der Waals surface area contributed by atoms with Gasteiger partial charge in [-0.25, -0.2) is 0 Å². The summed E-state index contributed by atoms with van der Waals surface area (Å²) in [5, 5.41) is 5.84. The number of amides is 1. The third-order valence-corrected chi connectivity index (χ3v) is 7.23. The van der Waals surface area contributed by atoms with Crippen molar-refractivity contribution in [3.63, 3.8) is 0 Å². The monoisotopic (exact) mass is 571 g/mol. The number of nitrogens with two attached hydrogens (primary N) is 1. The van der Waals surface area contributed by atoms with Gasteiger partial charge in [-0.3, -0.25) is 14.8 Å². The normalized spacial score (nSPS) is 13.5. The topological polar surface area (TPSA) is 92.4 Å². The van der Waals surface area contributed by atoms with Crippen LogP contribution in [0.5, 0.6) is 0 Å². The Labute approximate surface area is 242 Å². The van der Waals surface area contributed by atoms with Crippen LogP contribution in [0.15, 0.2) is 84.0 Å². The lowest BCUT2D eigenvalue weighted by atomic mass is 9.97. The minimum absolute atomic E-state index is 0.134. The molecule has 0 radical (unpaired) electrons. The molecule has 1 heterocycles. The van der Waals surface area contributed by atoms with Crippen molar-refractivity contribution in [2.24, 2.45) is 16.6 Å². The largest absolute Gasteiger partial charge is 0.416 e. The first-order valence-corrected chi connectivity index (χ1v) is 13.8. The molecule has 3 aromatic carbocycles. The number of carbonyl (C=O) groups is 1. The lowest BCUT2D eigenvalue weighted by Crippen LogP contribution is -2.30. The van der Waals surface area contributed by atoms with Crippen molar-refractivity contribution >= 4 is 17.6 Å². The van der Waals surface area contributed by atoms with Crippen molar-refractivity contribution < 1.29 is 18.0 Å². The molecule has 4 N–H and O–H groups in total. The van der Waals surface area contributed by atoms with Crippen molar-refractivity contribution in [1.29, 1.82) is 0 Å². The van der Waals surface area contributed by atoms with E-state index in [1.165, 1.54) is 17.2 Å². The summed E-state index contributed by atoms with van der Waals surface area (Å²) in [6.45, 7) is 6.16. The molecular formula is C33H32F3N5O. The molecule has 0 aliphatic heterocycles. The summed E-state index contributed by atoms with van der Waals surface area (Å²) in [6, 6.07) is 20.2. The molecule has 0 saturated heterocycles. The van der Waals surface area contributed by atoms with Crippen molar-refractivity contribution in [2.75, 3.05) is 11.9 Å². The third kappa shape index (κ3) is 6.15. The van der Waals surface area contributed by atoms with Gasteiger partial charge in [0.2, 0.25) is 0 Å². The predicted octanol–water partition coefficient (Wildman–Crippen LogP) is 7.21. The Hall–Kier alpha value is -4.66. The van der Waals surface area contributed by atoms with Crippen LogP contribution in [0.1, 0.15) is 59.4 Å². The first kappa shape index (κ1) is 28.9. The van der Waals surface area contributed by atoms with Crippen LogP contribution >= 0.6 is 0 Å². The zero-order chi connectivity index (χ0) is 30.0. The summed E-state index contributed by atoms with van der Waals surface area (Å²) in [7, 11) is 0. The Morgan fingerprint density at radius 1 is 0.976 bits per heavy atom. The molecule has 1 amide bonds. The number of carbonyl (C=O) groups excluding carboxylic acids is 1. The summed E-state index contributed by atoms with van der Waals surface area (Å²) in [6.07, 6.45) is -2.20. The Balaban J connectivity index is 1.51. The second kappa shape index (κ2) is 11.7. The number of hydrogen-bond donors (Lipinski definition) is 3. The fourth-order valence-electron chi connectivity index (χ4n) is 5.09. The van der Waals surface area contributed by atoms with Crippen LogP contribution in [0.4, 0.5) is 18.9 Å². The summed E-state index contributed by atoms with van der Waals surface area (Å²) in [5.74, 6) is -0.0703. The van der Waals surface area contributed by atoms with Gasteiger partial charge in [0.1, 0.15) is 0 Å². The summed E-state index contributed by atoms with van der Waals surface area (Å²) in [5.41, 5.74) is 12.4. The molecule has 5 rings (SSSR count). The van der Waals surface area contributed by atoms with Crippen molar-refractivity contribution in [1.82, 2.24) is 10.3 Å². The van der Waals surface area contributed by atoms with Gasteiger partial charge in [-0.2, -0.15) is 13.2 Å². The van der Waals surface area contributed by atoms with Crippen LogP contribution in [0, 0.1) is 5.92 Å². The van der Waals surface area contributed by atoms with E-state index < -0.39 is 23.7 Å². The van der Waals surface area contributed by atoms with E-state index in [1.807, 2.05) is 38.1 Å². The van der Waals surface area contributed by atoms with Crippen molar-refractivity contribution in [2.45, 2.75) is 39.4 Å². The number of anilines is 1. The number of benzene rings is 3. The number of fused-ring (bicyclic) bond motifs is 3. The Bertz CT molecular complexity index is 1660. The molecule has 0 unspecified atom stereocenters. The van der Waals surface area contributed by atoms with Gasteiger partial charge in [0.25, 0.3) is 5.91 Å². The highest BCUT2D eigenvalue weighted by molar-refractivity contribution is 6.05. The maximum absolute atomic E-state index is 13.7. The highest BCUT2D eigenvalue weighted by Gasteiger charge is 2.31. The van der Waals surface area contributed by atoms with Gasteiger partial charge in [-0.1, -0.05) is 68.4 Å². The quantitative estimate of drug-likeness (QED) is 0.142. The molecule has 4 aromatic rings. The van der Waals surface area contributed by atoms with Crippen LogP contribution in [0.2, 0.25) is 0 Å². The number of alkyl halides is 3. The number of rotatable bonds is 7. The number of nitrogens with zero attached hydrogens (tertiary/aromatic N) is 2. The molecule has 1 aliphatic rings. The van der Waals surface area contributed by atoms with Gasteiger partial charge < -0.3 is 16.4 Å². The van der Waals surface area contributed by atoms with E-state index in [1.54, 1.807) is 25.3 Å². The van der Waals surface area contributed by atoms with E-state index in [2.05, 4.69) is 38.8 Å². The van der Waals surface area contributed by atoms with Crippen molar-refractivity contribution in [3.8, 4) is 22.4 Å². The smallest absolute Gasteiger partial charge is 0.370 e. The molecule has 1 aliphatic carbocycles. The van der Waals surface area contributed by atoms with Gasteiger partial charge >= 0.3 is 6.18 Å².